The monoisotopic (exact) mass is 377 g/mol. The average molecular weight is 378 g/mol. The summed E-state index contributed by atoms with van der Waals surface area (Å²) >= 11 is 0. The molecule has 0 N–H and O–H groups in total. The third kappa shape index (κ3) is 4.44. The minimum atomic E-state index is 0.0771. The molecule has 0 bridgehead atoms. The molecular formula is C24H31N3O. The Morgan fingerprint density at radius 2 is 1.79 bits per heavy atom. The van der Waals surface area contributed by atoms with Crippen molar-refractivity contribution in [2.75, 3.05) is 13.1 Å². The van der Waals surface area contributed by atoms with Gasteiger partial charge in [-0.25, -0.2) is 4.98 Å². The molecule has 2 aromatic carbocycles. The van der Waals surface area contributed by atoms with Gasteiger partial charge in [-0.05, 0) is 49.9 Å². The number of hydrogen-bond acceptors (Lipinski definition) is 2. The van der Waals surface area contributed by atoms with Gasteiger partial charge in [-0.1, -0.05) is 44.2 Å². The van der Waals surface area contributed by atoms with Crippen molar-refractivity contribution >= 4 is 16.9 Å². The van der Waals surface area contributed by atoms with Crippen molar-refractivity contribution in [3.05, 3.63) is 65.5 Å². The molecule has 1 amide bonds. The van der Waals surface area contributed by atoms with Gasteiger partial charge in [0.15, 0.2) is 0 Å². The zero-order valence-corrected chi connectivity index (χ0v) is 17.5. The maximum Gasteiger partial charge on any atom is 0.253 e. The van der Waals surface area contributed by atoms with E-state index in [4.69, 9.17) is 4.98 Å². The smallest absolute Gasteiger partial charge is 0.253 e. The van der Waals surface area contributed by atoms with E-state index in [0.717, 1.165) is 54.9 Å². The molecule has 1 heterocycles. The maximum absolute atomic E-state index is 12.7. The summed E-state index contributed by atoms with van der Waals surface area (Å²) in [7, 11) is 0. The van der Waals surface area contributed by atoms with Gasteiger partial charge in [0.05, 0.1) is 11.0 Å². The lowest BCUT2D eigenvalue weighted by molar-refractivity contribution is 0.0773. The lowest BCUT2D eigenvalue weighted by Crippen LogP contribution is -2.30. The van der Waals surface area contributed by atoms with E-state index in [-0.39, 0.29) is 5.91 Å². The van der Waals surface area contributed by atoms with Gasteiger partial charge >= 0.3 is 0 Å². The standard InChI is InChI=1S/C24H31N3O/c1-5-26(6-2)24(28)20-12-13-22-21(17-20)25-23(27(22)15-14-18(3)4)16-19-10-8-7-9-11-19/h7-13,17-18H,5-6,14-16H2,1-4H3. The number of rotatable bonds is 8. The predicted octanol–water partition coefficient (Wildman–Crippen LogP) is 5.16. The summed E-state index contributed by atoms with van der Waals surface area (Å²) in [6.07, 6.45) is 1.90. The van der Waals surface area contributed by atoms with Gasteiger partial charge in [0, 0.05) is 31.6 Å². The second kappa shape index (κ2) is 9.05. The first-order valence-corrected chi connectivity index (χ1v) is 10.4. The van der Waals surface area contributed by atoms with E-state index in [1.54, 1.807) is 0 Å². The van der Waals surface area contributed by atoms with Crippen molar-refractivity contribution < 1.29 is 4.79 Å². The lowest BCUT2D eigenvalue weighted by atomic mass is 10.1. The fourth-order valence-electron chi connectivity index (χ4n) is 3.56. The van der Waals surface area contributed by atoms with E-state index in [9.17, 15) is 4.79 Å². The molecule has 0 aliphatic rings. The van der Waals surface area contributed by atoms with Crippen LogP contribution < -0.4 is 0 Å². The molecule has 0 saturated carbocycles. The van der Waals surface area contributed by atoms with E-state index in [0.29, 0.717) is 5.92 Å². The van der Waals surface area contributed by atoms with Gasteiger partial charge in [-0.3, -0.25) is 4.79 Å². The number of nitrogens with zero attached hydrogens (tertiary/aromatic N) is 3. The number of carbonyl (C=O) groups is 1. The van der Waals surface area contributed by atoms with Gasteiger partial charge in [-0.2, -0.15) is 0 Å². The number of imidazole rings is 1. The molecule has 0 aliphatic carbocycles. The largest absolute Gasteiger partial charge is 0.339 e. The van der Waals surface area contributed by atoms with Crippen LogP contribution in [0, 0.1) is 5.92 Å². The Labute approximate surface area is 168 Å². The number of fused-ring (bicyclic) bond motifs is 1. The number of aromatic nitrogens is 2. The second-order valence-electron chi connectivity index (χ2n) is 7.71. The van der Waals surface area contributed by atoms with Crippen LogP contribution in [0.5, 0.6) is 0 Å². The predicted molar refractivity (Wildman–Crippen MR) is 116 cm³/mol. The van der Waals surface area contributed by atoms with E-state index >= 15 is 0 Å². The first kappa shape index (κ1) is 20.1. The molecule has 148 valence electrons. The van der Waals surface area contributed by atoms with Crippen LogP contribution in [0.4, 0.5) is 0 Å². The molecule has 0 saturated heterocycles. The molecule has 3 aromatic rings. The number of aryl methyl sites for hydroxylation is 1. The van der Waals surface area contributed by atoms with E-state index < -0.39 is 0 Å². The van der Waals surface area contributed by atoms with Crippen LogP contribution in [0.1, 0.15) is 55.9 Å². The van der Waals surface area contributed by atoms with E-state index in [1.807, 2.05) is 36.9 Å². The van der Waals surface area contributed by atoms with E-state index in [1.165, 1.54) is 5.56 Å². The normalized spacial score (nSPS) is 11.3. The van der Waals surface area contributed by atoms with Gasteiger partial charge in [0.25, 0.3) is 5.91 Å². The fraction of sp³-hybridized carbons (Fsp3) is 0.417. The Hall–Kier alpha value is -2.62. The number of amides is 1. The summed E-state index contributed by atoms with van der Waals surface area (Å²) in [6.45, 7) is 10.9. The molecule has 0 unspecified atom stereocenters. The Bertz CT molecular complexity index is 924. The average Bonchev–Trinajstić information content (AvgIpc) is 3.04. The third-order valence-corrected chi connectivity index (χ3v) is 5.26. The van der Waals surface area contributed by atoms with Gasteiger partial charge < -0.3 is 9.47 Å². The Morgan fingerprint density at radius 3 is 2.43 bits per heavy atom. The van der Waals surface area contributed by atoms with Gasteiger partial charge in [0.1, 0.15) is 5.82 Å². The molecule has 0 fully saturated rings. The summed E-state index contributed by atoms with van der Waals surface area (Å²) in [5.41, 5.74) is 3.99. The van der Waals surface area contributed by atoms with Crippen molar-refractivity contribution in [2.24, 2.45) is 5.92 Å². The van der Waals surface area contributed by atoms with Crippen molar-refractivity contribution in [3.63, 3.8) is 0 Å². The Morgan fingerprint density at radius 1 is 1.07 bits per heavy atom. The summed E-state index contributed by atoms with van der Waals surface area (Å²) < 4.78 is 2.33. The van der Waals surface area contributed by atoms with Crippen LogP contribution in [0.2, 0.25) is 0 Å². The fourth-order valence-corrected chi connectivity index (χ4v) is 3.56. The molecule has 4 heteroatoms. The molecule has 4 nitrogen and oxygen atoms in total. The van der Waals surface area contributed by atoms with Crippen molar-refractivity contribution in [1.82, 2.24) is 14.5 Å². The number of carbonyl (C=O) groups excluding carboxylic acids is 1. The van der Waals surface area contributed by atoms with Gasteiger partial charge in [-0.15, -0.1) is 0 Å². The quantitative estimate of drug-likeness (QED) is 0.544. The highest BCUT2D eigenvalue weighted by molar-refractivity contribution is 5.97. The lowest BCUT2D eigenvalue weighted by Gasteiger charge is -2.18. The first-order chi connectivity index (χ1) is 13.5. The SMILES string of the molecule is CCN(CC)C(=O)c1ccc2c(c1)nc(Cc1ccccc1)n2CCC(C)C. The van der Waals surface area contributed by atoms with E-state index in [2.05, 4.69) is 48.7 Å². The molecule has 3 rings (SSSR count). The number of hydrogen-bond donors (Lipinski definition) is 0. The van der Waals surface area contributed by atoms with Crippen LogP contribution in [0.3, 0.4) is 0 Å². The van der Waals surface area contributed by atoms with Crippen molar-refractivity contribution in [3.8, 4) is 0 Å². The Kier molecular flexibility index (Phi) is 6.50. The topological polar surface area (TPSA) is 38.1 Å². The molecule has 1 aromatic heterocycles. The highest BCUT2D eigenvalue weighted by Crippen LogP contribution is 2.22. The third-order valence-electron chi connectivity index (χ3n) is 5.26. The summed E-state index contributed by atoms with van der Waals surface area (Å²) in [6, 6.07) is 16.4. The first-order valence-electron chi connectivity index (χ1n) is 10.4. The summed E-state index contributed by atoms with van der Waals surface area (Å²) in [5, 5.41) is 0. The zero-order valence-electron chi connectivity index (χ0n) is 17.5. The molecule has 28 heavy (non-hydrogen) atoms. The summed E-state index contributed by atoms with van der Waals surface area (Å²) in [5.74, 6) is 1.77. The molecule has 0 aliphatic heterocycles. The molecular weight excluding hydrogens is 346 g/mol. The molecule has 0 spiro atoms. The highest BCUT2D eigenvalue weighted by Gasteiger charge is 2.17. The van der Waals surface area contributed by atoms with Crippen LogP contribution >= 0.6 is 0 Å². The second-order valence-corrected chi connectivity index (χ2v) is 7.71. The van der Waals surface area contributed by atoms with Crippen molar-refractivity contribution in [1.29, 1.82) is 0 Å². The van der Waals surface area contributed by atoms with Crippen LogP contribution in [0.15, 0.2) is 48.5 Å². The van der Waals surface area contributed by atoms with Crippen LogP contribution in [-0.2, 0) is 13.0 Å². The summed E-state index contributed by atoms with van der Waals surface area (Å²) in [4.78, 5) is 19.5. The molecule has 0 atom stereocenters. The zero-order chi connectivity index (χ0) is 20.1. The maximum atomic E-state index is 12.7. The van der Waals surface area contributed by atoms with Crippen molar-refractivity contribution in [2.45, 2.75) is 47.1 Å². The van der Waals surface area contributed by atoms with Crippen LogP contribution in [0.25, 0.3) is 11.0 Å². The van der Waals surface area contributed by atoms with Gasteiger partial charge in [0.2, 0.25) is 0 Å². The minimum Gasteiger partial charge on any atom is -0.339 e. The minimum absolute atomic E-state index is 0.0771. The number of benzene rings is 2. The highest BCUT2D eigenvalue weighted by atomic mass is 16.2. The Balaban J connectivity index is 2.00. The van der Waals surface area contributed by atoms with Crippen LogP contribution in [-0.4, -0.2) is 33.4 Å². The molecule has 0 radical (unpaired) electrons.